The van der Waals surface area contributed by atoms with Crippen LogP contribution >= 0.6 is 0 Å². The van der Waals surface area contributed by atoms with E-state index < -0.39 is 0 Å². The van der Waals surface area contributed by atoms with Crippen molar-refractivity contribution in [3.05, 3.63) is 76.9 Å². The third kappa shape index (κ3) is 4.71. The average molecular weight is 375 g/mol. The lowest BCUT2D eigenvalue weighted by Gasteiger charge is -2.16. The van der Waals surface area contributed by atoms with E-state index in [9.17, 15) is 4.79 Å². The summed E-state index contributed by atoms with van der Waals surface area (Å²) in [6.45, 7) is 8.54. The first-order chi connectivity index (χ1) is 13.4. The van der Waals surface area contributed by atoms with Gasteiger partial charge in [0, 0.05) is 17.6 Å². The average Bonchev–Trinajstić information content (AvgIpc) is 2.68. The van der Waals surface area contributed by atoms with Gasteiger partial charge in [0.05, 0.1) is 12.2 Å². The number of benzene rings is 1. The van der Waals surface area contributed by atoms with E-state index in [0.29, 0.717) is 24.1 Å². The molecule has 2 heterocycles. The Bertz CT molecular complexity index is 970. The lowest BCUT2D eigenvalue weighted by Crippen LogP contribution is -2.18. The van der Waals surface area contributed by atoms with E-state index >= 15 is 0 Å². The number of aryl methyl sites for hydroxylation is 2. The zero-order valence-electron chi connectivity index (χ0n) is 16.7. The van der Waals surface area contributed by atoms with Gasteiger partial charge in [0.15, 0.2) is 0 Å². The number of hydrogen-bond acceptors (Lipinski definition) is 5. The molecule has 0 bridgehead atoms. The predicted molar refractivity (Wildman–Crippen MR) is 112 cm³/mol. The maximum absolute atomic E-state index is 12.9. The summed E-state index contributed by atoms with van der Waals surface area (Å²) in [5, 5.41) is 6.17. The third-order valence-corrected chi connectivity index (χ3v) is 4.41. The highest BCUT2D eigenvalue weighted by molar-refractivity contribution is 6.04. The summed E-state index contributed by atoms with van der Waals surface area (Å²) in [5.41, 5.74) is 4.90. The molecule has 0 saturated heterocycles. The number of anilines is 2. The van der Waals surface area contributed by atoms with Crippen molar-refractivity contribution < 1.29 is 4.79 Å². The maximum atomic E-state index is 12.9. The van der Waals surface area contributed by atoms with Gasteiger partial charge in [0.1, 0.15) is 5.69 Å². The monoisotopic (exact) mass is 375 g/mol. The molecule has 1 aromatic carbocycles. The van der Waals surface area contributed by atoms with E-state index in [2.05, 4.69) is 39.4 Å². The van der Waals surface area contributed by atoms with Crippen LogP contribution in [0, 0.1) is 13.8 Å². The van der Waals surface area contributed by atoms with Crippen molar-refractivity contribution in [1.82, 2.24) is 15.0 Å². The number of carbonyl (C=O) groups is 1. The molecule has 6 heteroatoms. The minimum Gasteiger partial charge on any atom is -0.349 e. The third-order valence-electron chi connectivity index (χ3n) is 4.41. The van der Waals surface area contributed by atoms with Crippen LogP contribution in [-0.4, -0.2) is 20.9 Å². The zero-order chi connectivity index (χ0) is 20.1. The van der Waals surface area contributed by atoms with Gasteiger partial charge in [-0.1, -0.05) is 38.1 Å². The van der Waals surface area contributed by atoms with Crippen molar-refractivity contribution >= 4 is 17.5 Å². The van der Waals surface area contributed by atoms with Crippen molar-refractivity contribution in [2.24, 2.45) is 0 Å². The minimum atomic E-state index is -0.248. The number of para-hydroxylation sites is 1. The molecule has 0 saturated carbocycles. The van der Waals surface area contributed by atoms with Gasteiger partial charge in [-0.25, -0.2) is 9.97 Å². The molecule has 0 radical (unpaired) electrons. The van der Waals surface area contributed by atoms with Crippen molar-refractivity contribution in [2.45, 2.75) is 40.2 Å². The lowest BCUT2D eigenvalue weighted by atomic mass is 9.98. The Kier molecular flexibility index (Phi) is 5.99. The Morgan fingerprint density at radius 3 is 2.61 bits per heavy atom. The van der Waals surface area contributed by atoms with Crippen LogP contribution in [-0.2, 0) is 6.54 Å². The Balaban J connectivity index is 1.80. The second-order valence-electron chi connectivity index (χ2n) is 7.04. The first kappa shape index (κ1) is 19.5. The maximum Gasteiger partial charge on any atom is 0.274 e. The first-order valence-corrected chi connectivity index (χ1v) is 9.34. The second kappa shape index (κ2) is 8.61. The van der Waals surface area contributed by atoms with Crippen molar-refractivity contribution in [3.8, 4) is 0 Å². The quantitative estimate of drug-likeness (QED) is 0.664. The summed E-state index contributed by atoms with van der Waals surface area (Å²) in [7, 11) is 0. The van der Waals surface area contributed by atoms with E-state index in [4.69, 9.17) is 0 Å². The lowest BCUT2D eigenvalue weighted by molar-refractivity contribution is 0.102. The molecule has 0 aliphatic carbocycles. The van der Waals surface area contributed by atoms with Gasteiger partial charge in [-0.2, -0.15) is 0 Å². The van der Waals surface area contributed by atoms with Gasteiger partial charge in [0.25, 0.3) is 5.91 Å². The van der Waals surface area contributed by atoms with Crippen LogP contribution < -0.4 is 10.6 Å². The smallest absolute Gasteiger partial charge is 0.274 e. The van der Waals surface area contributed by atoms with Crippen LogP contribution in [0.2, 0.25) is 0 Å². The number of hydrogen-bond donors (Lipinski definition) is 2. The first-order valence-electron chi connectivity index (χ1n) is 9.34. The molecule has 3 rings (SSSR count). The Hall–Kier alpha value is -3.28. The van der Waals surface area contributed by atoms with E-state index in [0.717, 1.165) is 28.2 Å². The minimum absolute atomic E-state index is 0.248. The Morgan fingerprint density at radius 2 is 1.89 bits per heavy atom. The summed E-state index contributed by atoms with van der Waals surface area (Å²) < 4.78 is 0. The molecule has 144 valence electrons. The fourth-order valence-electron chi connectivity index (χ4n) is 2.96. The van der Waals surface area contributed by atoms with Crippen LogP contribution in [0.4, 0.5) is 11.6 Å². The van der Waals surface area contributed by atoms with Gasteiger partial charge in [0.2, 0.25) is 5.95 Å². The number of amides is 1. The zero-order valence-corrected chi connectivity index (χ0v) is 16.7. The number of aromatic nitrogens is 3. The van der Waals surface area contributed by atoms with Gasteiger partial charge in [-0.3, -0.25) is 9.78 Å². The highest BCUT2D eigenvalue weighted by Gasteiger charge is 2.15. The standard InChI is InChI=1S/C22H25N5O/c1-14(2)18-10-7-8-15(3)20(18)27-21(28)19-12-16(4)25-22(26-19)24-13-17-9-5-6-11-23-17/h5-12,14H,13H2,1-4H3,(H,27,28)(H,24,25,26). The van der Waals surface area contributed by atoms with Crippen molar-refractivity contribution in [1.29, 1.82) is 0 Å². The van der Waals surface area contributed by atoms with Gasteiger partial charge >= 0.3 is 0 Å². The molecular formula is C22H25N5O. The predicted octanol–water partition coefficient (Wildman–Crippen LogP) is 4.48. The summed E-state index contributed by atoms with van der Waals surface area (Å²) in [4.78, 5) is 25.9. The molecule has 0 aliphatic heterocycles. The van der Waals surface area contributed by atoms with Gasteiger partial charge < -0.3 is 10.6 Å². The molecule has 2 N–H and O–H groups in total. The number of nitrogens with zero attached hydrogens (tertiary/aromatic N) is 3. The molecule has 28 heavy (non-hydrogen) atoms. The number of nitrogens with one attached hydrogen (secondary N) is 2. The molecule has 6 nitrogen and oxygen atoms in total. The molecule has 1 amide bonds. The van der Waals surface area contributed by atoms with Crippen LogP contribution in [0.25, 0.3) is 0 Å². The SMILES string of the molecule is Cc1cc(C(=O)Nc2c(C)cccc2C(C)C)nc(NCc2ccccn2)n1. The van der Waals surface area contributed by atoms with Gasteiger partial charge in [-0.05, 0) is 49.1 Å². The van der Waals surface area contributed by atoms with Gasteiger partial charge in [-0.15, -0.1) is 0 Å². The summed E-state index contributed by atoms with van der Waals surface area (Å²) in [5.74, 6) is 0.463. The molecule has 3 aromatic rings. The summed E-state index contributed by atoms with van der Waals surface area (Å²) in [6, 6.07) is 13.4. The molecule has 0 unspecified atom stereocenters. The Labute approximate surface area is 165 Å². The van der Waals surface area contributed by atoms with E-state index in [-0.39, 0.29) is 5.91 Å². The van der Waals surface area contributed by atoms with Crippen LogP contribution in [0.15, 0.2) is 48.7 Å². The normalized spacial score (nSPS) is 10.8. The van der Waals surface area contributed by atoms with Crippen LogP contribution in [0.1, 0.15) is 52.8 Å². The highest BCUT2D eigenvalue weighted by atomic mass is 16.1. The number of carbonyl (C=O) groups excluding carboxylic acids is 1. The largest absolute Gasteiger partial charge is 0.349 e. The topological polar surface area (TPSA) is 79.8 Å². The van der Waals surface area contributed by atoms with E-state index in [1.54, 1.807) is 12.3 Å². The molecule has 0 fully saturated rings. The second-order valence-corrected chi connectivity index (χ2v) is 7.04. The van der Waals surface area contributed by atoms with Crippen LogP contribution in [0.5, 0.6) is 0 Å². The van der Waals surface area contributed by atoms with E-state index in [1.165, 1.54) is 0 Å². The molecule has 2 aromatic heterocycles. The molecule has 0 aliphatic rings. The summed E-state index contributed by atoms with van der Waals surface area (Å²) >= 11 is 0. The fraction of sp³-hybridized carbons (Fsp3) is 0.273. The highest BCUT2D eigenvalue weighted by Crippen LogP contribution is 2.27. The van der Waals surface area contributed by atoms with Crippen molar-refractivity contribution in [3.63, 3.8) is 0 Å². The van der Waals surface area contributed by atoms with Crippen molar-refractivity contribution in [2.75, 3.05) is 10.6 Å². The summed E-state index contributed by atoms with van der Waals surface area (Å²) in [6.07, 6.45) is 1.74. The molecular weight excluding hydrogens is 350 g/mol. The molecule has 0 atom stereocenters. The van der Waals surface area contributed by atoms with Crippen LogP contribution in [0.3, 0.4) is 0 Å². The Morgan fingerprint density at radius 1 is 1.07 bits per heavy atom. The number of pyridine rings is 1. The molecule has 0 spiro atoms. The fourth-order valence-corrected chi connectivity index (χ4v) is 2.96. The van der Waals surface area contributed by atoms with E-state index in [1.807, 2.05) is 50.2 Å². The number of rotatable bonds is 6.